The third kappa shape index (κ3) is 4.09. The lowest BCUT2D eigenvalue weighted by Crippen LogP contribution is -2.20. The molecule has 0 aromatic rings. The highest BCUT2D eigenvalue weighted by Gasteiger charge is 2.25. The molecule has 0 aliphatic rings. The van der Waals surface area contributed by atoms with Crippen LogP contribution in [-0.4, -0.2) is 22.3 Å². The highest BCUT2D eigenvalue weighted by atomic mass is 35.5. The van der Waals surface area contributed by atoms with Crippen LogP contribution in [0.25, 0.3) is 0 Å². The molecule has 0 amide bonds. The number of Topliss-reactive ketones (excluding diaryl/α,β-unsaturated/α-hetero) is 1. The third-order valence-electron chi connectivity index (χ3n) is 0.754. The zero-order valence-corrected chi connectivity index (χ0v) is 7.21. The minimum Gasteiger partial charge on any atom is -0.300 e. The highest BCUT2D eigenvalue weighted by molar-refractivity contribution is 6.56. The highest BCUT2D eigenvalue weighted by Crippen LogP contribution is 2.22. The van der Waals surface area contributed by atoms with Crippen molar-refractivity contribution in [1.29, 1.82) is 0 Å². The van der Waals surface area contributed by atoms with Gasteiger partial charge in [-0.05, 0) is 0 Å². The minimum absolute atomic E-state index is 0.172. The fraction of sp³-hybridized carbons (Fsp3) is 0.600. The maximum Gasteiger partial charge on any atom is 0.179 e. The molecule has 10 heavy (non-hydrogen) atoms. The average molecular weight is 203 g/mol. The summed E-state index contributed by atoms with van der Waals surface area (Å²) < 4.78 is -1.61. The van der Waals surface area contributed by atoms with Crippen molar-refractivity contribution < 1.29 is 9.59 Å². The smallest absolute Gasteiger partial charge is 0.179 e. The van der Waals surface area contributed by atoms with Crippen LogP contribution in [-0.2, 0) is 9.59 Å². The van der Waals surface area contributed by atoms with E-state index in [0.717, 1.165) is 0 Å². The van der Waals surface area contributed by atoms with Gasteiger partial charge in [0.1, 0.15) is 0 Å². The lowest BCUT2D eigenvalue weighted by atomic mass is 10.2. The van der Waals surface area contributed by atoms with Crippen LogP contribution in [0, 0.1) is 0 Å². The second-order valence-electron chi connectivity index (χ2n) is 1.73. The number of alkyl halides is 3. The van der Waals surface area contributed by atoms with Gasteiger partial charge in [-0.15, -0.1) is 11.6 Å². The number of carbonyl (C=O) groups is 2. The summed E-state index contributed by atoms with van der Waals surface area (Å²) in [5, 5.41) is 0. The number of rotatable bonds is 4. The van der Waals surface area contributed by atoms with E-state index in [0.29, 0.717) is 6.29 Å². The van der Waals surface area contributed by atoms with Crippen molar-refractivity contribution in [2.75, 3.05) is 5.88 Å². The van der Waals surface area contributed by atoms with Gasteiger partial charge in [-0.3, -0.25) is 9.59 Å². The predicted octanol–water partition coefficient (Wildman–Crippen LogP) is 1.56. The molecule has 0 heterocycles. The molecule has 0 aromatic carbocycles. The molecule has 0 rings (SSSR count). The first-order chi connectivity index (χ1) is 4.52. The van der Waals surface area contributed by atoms with E-state index >= 15 is 0 Å². The van der Waals surface area contributed by atoms with Gasteiger partial charge in [-0.25, -0.2) is 0 Å². The van der Waals surface area contributed by atoms with Crippen LogP contribution >= 0.6 is 34.8 Å². The Morgan fingerprint density at radius 2 is 2.00 bits per heavy atom. The number of ketones is 1. The molecule has 0 bridgehead atoms. The van der Waals surface area contributed by atoms with Gasteiger partial charge < -0.3 is 0 Å². The average Bonchev–Trinajstić information content (AvgIpc) is 1.87. The van der Waals surface area contributed by atoms with Crippen molar-refractivity contribution in [1.82, 2.24) is 0 Å². The Bertz CT molecular complexity index is 144. The number of aldehydes is 1. The summed E-state index contributed by atoms with van der Waals surface area (Å²) in [6.07, 6.45) is 0.0731. The second-order valence-corrected chi connectivity index (χ2v) is 3.54. The largest absolute Gasteiger partial charge is 0.300 e. The second kappa shape index (κ2) is 4.16. The van der Waals surface area contributed by atoms with E-state index in [4.69, 9.17) is 34.8 Å². The summed E-state index contributed by atoms with van der Waals surface area (Å²) >= 11 is 15.8. The van der Waals surface area contributed by atoms with E-state index in [2.05, 4.69) is 0 Å². The molecule has 0 aliphatic carbocycles. The third-order valence-corrected chi connectivity index (χ3v) is 1.50. The van der Waals surface area contributed by atoms with Gasteiger partial charge in [-0.1, -0.05) is 23.2 Å². The van der Waals surface area contributed by atoms with E-state index in [-0.39, 0.29) is 18.1 Å². The summed E-state index contributed by atoms with van der Waals surface area (Å²) in [4.78, 5) is 20.5. The molecule has 2 nitrogen and oxygen atoms in total. The van der Waals surface area contributed by atoms with E-state index in [1.54, 1.807) is 0 Å². The number of hydrogen-bond acceptors (Lipinski definition) is 2. The van der Waals surface area contributed by atoms with Gasteiger partial charge in [0.15, 0.2) is 16.4 Å². The van der Waals surface area contributed by atoms with Crippen LogP contribution < -0.4 is 0 Å². The molecule has 0 saturated carbocycles. The van der Waals surface area contributed by atoms with Crippen molar-refractivity contribution in [2.24, 2.45) is 0 Å². The number of halogens is 3. The van der Waals surface area contributed by atoms with E-state index in [1.807, 2.05) is 0 Å². The molecular weight excluding hydrogens is 198 g/mol. The Hall–Kier alpha value is 0.210. The van der Waals surface area contributed by atoms with Crippen LogP contribution in [0.5, 0.6) is 0 Å². The Morgan fingerprint density at radius 1 is 1.50 bits per heavy atom. The van der Waals surface area contributed by atoms with Gasteiger partial charge in [0.2, 0.25) is 0 Å². The molecule has 0 N–H and O–H groups in total. The molecule has 0 unspecified atom stereocenters. The summed E-state index contributed by atoms with van der Waals surface area (Å²) in [7, 11) is 0. The molecule has 0 aliphatic heterocycles. The fourth-order valence-electron chi connectivity index (χ4n) is 0.352. The zero-order chi connectivity index (χ0) is 8.20. The van der Waals surface area contributed by atoms with E-state index in [9.17, 15) is 9.59 Å². The van der Waals surface area contributed by atoms with Gasteiger partial charge in [0.25, 0.3) is 0 Å². The van der Waals surface area contributed by atoms with E-state index < -0.39 is 4.33 Å². The van der Waals surface area contributed by atoms with Gasteiger partial charge in [0, 0.05) is 6.42 Å². The molecule has 0 aromatic heterocycles. The first kappa shape index (κ1) is 10.2. The minimum atomic E-state index is -1.61. The first-order valence-corrected chi connectivity index (χ1v) is 3.72. The van der Waals surface area contributed by atoms with Crippen molar-refractivity contribution in [3.8, 4) is 0 Å². The van der Waals surface area contributed by atoms with Crippen LogP contribution in [0.4, 0.5) is 0 Å². The quantitative estimate of drug-likeness (QED) is 0.513. The zero-order valence-electron chi connectivity index (χ0n) is 4.94. The summed E-state index contributed by atoms with van der Waals surface area (Å²) in [5.41, 5.74) is 0. The first-order valence-electron chi connectivity index (χ1n) is 2.43. The topological polar surface area (TPSA) is 34.1 Å². The Labute approximate surface area is 73.4 Å². The lowest BCUT2D eigenvalue weighted by molar-refractivity contribution is -0.119. The normalized spacial score (nSPS) is 11.1. The summed E-state index contributed by atoms with van der Waals surface area (Å²) in [5.74, 6) is -0.520. The Morgan fingerprint density at radius 3 is 2.30 bits per heavy atom. The van der Waals surface area contributed by atoms with Crippen molar-refractivity contribution in [3.05, 3.63) is 0 Å². The molecule has 0 atom stereocenters. The van der Waals surface area contributed by atoms with Gasteiger partial charge >= 0.3 is 0 Å². The molecule has 0 fully saturated rings. The van der Waals surface area contributed by atoms with Gasteiger partial charge in [0.05, 0.1) is 5.88 Å². The standard InChI is InChI=1S/C5H5Cl3O2/c6-2-4(10)1-5(7,8)3-9/h3H,1-2H2. The molecule has 5 heteroatoms. The summed E-state index contributed by atoms with van der Waals surface area (Å²) in [6, 6.07) is 0. The molecule has 0 radical (unpaired) electrons. The van der Waals surface area contributed by atoms with Crippen molar-refractivity contribution >= 4 is 46.9 Å². The number of carbonyl (C=O) groups excluding carboxylic acids is 2. The molecular formula is C5H5Cl3O2. The Balaban J connectivity index is 3.88. The molecule has 0 spiro atoms. The van der Waals surface area contributed by atoms with Crippen LogP contribution in [0.15, 0.2) is 0 Å². The fourth-order valence-corrected chi connectivity index (χ4v) is 0.744. The Kier molecular flexibility index (Phi) is 4.25. The lowest BCUT2D eigenvalue weighted by Gasteiger charge is -2.07. The molecule has 0 saturated heterocycles. The molecule has 58 valence electrons. The van der Waals surface area contributed by atoms with Gasteiger partial charge in [-0.2, -0.15) is 0 Å². The van der Waals surface area contributed by atoms with Crippen LogP contribution in [0.2, 0.25) is 0 Å². The maximum absolute atomic E-state index is 10.5. The van der Waals surface area contributed by atoms with Crippen molar-refractivity contribution in [3.63, 3.8) is 0 Å². The SMILES string of the molecule is O=CC(Cl)(Cl)CC(=O)CCl. The predicted molar refractivity (Wildman–Crippen MR) is 40.8 cm³/mol. The van der Waals surface area contributed by atoms with Crippen molar-refractivity contribution in [2.45, 2.75) is 10.8 Å². The summed E-state index contributed by atoms with van der Waals surface area (Å²) in [6.45, 7) is 0. The van der Waals surface area contributed by atoms with Crippen LogP contribution in [0.1, 0.15) is 6.42 Å². The number of hydrogen-bond donors (Lipinski definition) is 0. The monoisotopic (exact) mass is 202 g/mol. The van der Waals surface area contributed by atoms with E-state index in [1.165, 1.54) is 0 Å². The van der Waals surface area contributed by atoms with Crippen LogP contribution in [0.3, 0.4) is 0 Å². The maximum atomic E-state index is 10.5.